The summed E-state index contributed by atoms with van der Waals surface area (Å²) < 4.78 is 0. The molecule has 0 aliphatic carbocycles. The zero-order chi connectivity index (χ0) is 18.8. The first-order valence-corrected chi connectivity index (χ1v) is 8.96. The lowest BCUT2D eigenvalue weighted by Gasteiger charge is -2.40. The van der Waals surface area contributed by atoms with Crippen molar-refractivity contribution >= 4 is 22.1 Å². The number of hydroxylamine groups is 2. The van der Waals surface area contributed by atoms with Crippen molar-refractivity contribution in [1.29, 1.82) is 0 Å². The summed E-state index contributed by atoms with van der Waals surface area (Å²) in [6.07, 6.45) is 3.18. The van der Waals surface area contributed by atoms with Crippen LogP contribution in [0.3, 0.4) is 0 Å². The van der Waals surface area contributed by atoms with Crippen LogP contribution in [0.1, 0.15) is 47.5 Å². The van der Waals surface area contributed by atoms with E-state index < -0.39 is 11.1 Å². The predicted octanol–water partition coefficient (Wildman–Crippen LogP) is 3.41. The van der Waals surface area contributed by atoms with Crippen LogP contribution < -0.4 is 10.1 Å². The topological polar surface area (TPSA) is 55.0 Å². The fourth-order valence-corrected chi connectivity index (χ4v) is 2.93. The number of rotatable bonds is 7. The van der Waals surface area contributed by atoms with Gasteiger partial charge in [0.05, 0.1) is 5.54 Å². The van der Waals surface area contributed by atoms with Gasteiger partial charge in [0.25, 0.3) is 0 Å². The molecule has 2 aromatic rings. The molecule has 0 aliphatic heterocycles. The Kier molecular flexibility index (Phi) is 5.69. The highest BCUT2D eigenvalue weighted by atomic mass is 16.5. The van der Waals surface area contributed by atoms with Gasteiger partial charge in [0.1, 0.15) is 16.9 Å². The van der Waals surface area contributed by atoms with Crippen molar-refractivity contribution in [2.45, 2.75) is 58.5 Å². The maximum Gasteiger partial charge on any atom is 0.140 e. The fourth-order valence-electron chi connectivity index (χ4n) is 2.93. The van der Waals surface area contributed by atoms with E-state index in [0.717, 1.165) is 17.2 Å². The van der Waals surface area contributed by atoms with Crippen LogP contribution in [0.2, 0.25) is 0 Å². The number of hydrogen-bond donors (Lipinski definition) is 2. The fraction of sp³-hybridized carbons (Fsp3) is 0.429. The highest BCUT2D eigenvalue weighted by Crippen LogP contribution is 2.28. The van der Waals surface area contributed by atoms with Gasteiger partial charge in [-0.2, -0.15) is 0 Å². The number of nitrogens with one attached hydrogen (secondary N) is 2. The van der Waals surface area contributed by atoms with Crippen molar-refractivity contribution in [2.75, 3.05) is 0 Å². The smallest absolute Gasteiger partial charge is 0.140 e. The second-order valence-corrected chi connectivity index (χ2v) is 7.58. The van der Waals surface area contributed by atoms with Gasteiger partial charge in [-0.15, -0.1) is 0 Å². The lowest BCUT2D eigenvalue weighted by molar-refractivity contribution is -0.835. The van der Waals surface area contributed by atoms with E-state index in [4.69, 9.17) is 0 Å². The molecule has 0 aromatic heterocycles. The summed E-state index contributed by atoms with van der Waals surface area (Å²) in [5.41, 5.74) is 0.325. The Hall–Kier alpha value is -1.72. The molecule has 0 saturated heterocycles. The first-order chi connectivity index (χ1) is 11.7. The molecule has 25 heavy (non-hydrogen) atoms. The standard InChI is InChI=1S/C21H30N2O2/c1-7-20(4,5)22(24)18-14-15-19(17-13-11-10-12-16(17)18)23(25)21(6,8-2)9-3/h8,10-15,22-23H,2,7,9H2,1,3-6H3. The van der Waals surface area contributed by atoms with Crippen LogP contribution in [-0.2, 0) is 0 Å². The van der Waals surface area contributed by atoms with Gasteiger partial charge in [0, 0.05) is 29.3 Å². The third kappa shape index (κ3) is 3.48. The van der Waals surface area contributed by atoms with Gasteiger partial charge in [0.2, 0.25) is 0 Å². The van der Waals surface area contributed by atoms with Crippen molar-refractivity contribution < 1.29 is 10.1 Å². The molecule has 0 bridgehead atoms. The van der Waals surface area contributed by atoms with Crippen molar-refractivity contribution in [3.63, 3.8) is 0 Å². The molecular formula is C21H30N2O2. The van der Waals surface area contributed by atoms with E-state index in [0.29, 0.717) is 17.8 Å². The quantitative estimate of drug-likeness (QED) is 0.598. The number of fused-ring (bicyclic) bond motifs is 1. The Balaban J connectivity index is 2.66. The minimum absolute atomic E-state index is 0.0509. The summed E-state index contributed by atoms with van der Waals surface area (Å²) in [5.74, 6) is 0. The number of quaternary nitrogens is 2. The molecular weight excluding hydrogens is 312 g/mol. The largest absolute Gasteiger partial charge is 0.628 e. The van der Waals surface area contributed by atoms with Crippen LogP contribution in [0.4, 0.5) is 11.4 Å². The first kappa shape index (κ1) is 19.6. The minimum atomic E-state index is -0.600. The molecule has 0 saturated carbocycles. The van der Waals surface area contributed by atoms with Crippen molar-refractivity contribution in [3.05, 3.63) is 59.5 Å². The second-order valence-electron chi connectivity index (χ2n) is 7.58. The minimum Gasteiger partial charge on any atom is -0.628 e. The lowest BCUT2D eigenvalue weighted by Crippen LogP contribution is -3.11. The van der Waals surface area contributed by atoms with E-state index in [2.05, 4.69) is 6.58 Å². The molecule has 2 aromatic carbocycles. The highest BCUT2D eigenvalue weighted by Gasteiger charge is 2.30. The van der Waals surface area contributed by atoms with Crippen LogP contribution in [0.25, 0.3) is 10.8 Å². The summed E-state index contributed by atoms with van der Waals surface area (Å²) in [4.78, 5) is 0. The zero-order valence-corrected chi connectivity index (χ0v) is 16.0. The molecule has 3 atom stereocenters. The van der Waals surface area contributed by atoms with E-state index in [1.807, 2.05) is 65.0 Å². The van der Waals surface area contributed by atoms with Gasteiger partial charge in [-0.3, -0.25) is 0 Å². The molecule has 4 heteroatoms. The summed E-state index contributed by atoms with van der Waals surface area (Å²) in [7, 11) is 0. The van der Waals surface area contributed by atoms with E-state index in [-0.39, 0.29) is 10.1 Å². The third-order valence-electron chi connectivity index (χ3n) is 5.62. The Morgan fingerprint density at radius 2 is 1.36 bits per heavy atom. The average Bonchev–Trinajstić information content (AvgIpc) is 2.65. The molecule has 4 nitrogen and oxygen atoms in total. The van der Waals surface area contributed by atoms with Gasteiger partial charge >= 0.3 is 0 Å². The Bertz CT molecular complexity index is 757. The maximum atomic E-state index is 13.1. The highest BCUT2D eigenvalue weighted by molar-refractivity contribution is 5.97. The van der Waals surface area contributed by atoms with E-state index >= 15 is 0 Å². The molecule has 136 valence electrons. The van der Waals surface area contributed by atoms with Gasteiger partial charge in [0.15, 0.2) is 0 Å². The van der Waals surface area contributed by atoms with Crippen LogP contribution in [0, 0.1) is 10.4 Å². The molecule has 2 rings (SSSR count). The second kappa shape index (κ2) is 7.26. The van der Waals surface area contributed by atoms with Gasteiger partial charge in [-0.1, -0.05) is 32.6 Å². The van der Waals surface area contributed by atoms with Crippen LogP contribution >= 0.6 is 0 Å². The summed E-state index contributed by atoms with van der Waals surface area (Å²) in [5, 5.41) is 28.0. The molecule has 0 amide bonds. The monoisotopic (exact) mass is 342 g/mol. The van der Waals surface area contributed by atoms with Crippen LogP contribution in [-0.4, -0.2) is 11.1 Å². The molecule has 0 fully saturated rings. The van der Waals surface area contributed by atoms with E-state index in [1.54, 1.807) is 12.1 Å². The Morgan fingerprint density at radius 3 is 1.76 bits per heavy atom. The van der Waals surface area contributed by atoms with Crippen LogP contribution in [0.15, 0.2) is 49.1 Å². The van der Waals surface area contributed by atoms with Crippen molar-refractivity contribution in [3.8, 4) is 0 Å². The maximum absolute atomic E-state index is 13.1. The van der Waals surface area contributed by atoms with Crippen molar-refractivity contribution in [1.82, 2.24) is 0 Å². The predicted molar refractivity (Wildman–Crippen MR) is 105 cm³/mol. The van der Waals surface area contributed by atoms with E-state index in [9.17, 15) is 10.4 Å². The molecule has 0 spiro atoms. The number of benzene rings is 2. The zero-order valence-electron chi connectivity index (χ0n) is 16.0. The number of hydrogen-bond acceptors (Lipinski definition) is 2. The summed E-state index contributed by atoms with van der Waals surface area (Å²) >= 11 is 0. The SMILES string of the molecule is C=CC(C)(CC)[NH+]([O-])c1ccc([NH+]([O-])C(C)(C)CC)c2ccccc12. The Morgan fingerprint density at radius 1 is 0.880 bits per heavy atom. The molecule has 0 heterocycles. The molecule has 0 aliphatic rings. The summed E-state index contributed by atoms with van der Waals surface area (Å²) in [6, 6.07) is 11.3. The lowest BCUT2D eigenvalue weighted by atomic mass is 9.95. The van der Waals surface area contributed by atoms with Crippen molar-refractivity contribution in [2.24, 2.45) is 0 Å². The third-order valence-corrected chi connectivity index (χ3v) is 5.62. The first-order valence-electron chi connectivity index (χ1n) is 8.96. The van der Waals surface area contributed by atoms with Crippen LogP contribution in [0.5, 0.6) is 0 Å². The molecule has 0 radical (unpaired) electrons. The van der Waals surface area contributed by atoms with Gasteiger partial charge in [-0.05, 0) is 45.4 Å². The normalized spacial score (nSPS) is 17.1. The van der Waals surface area contributed by atoms with Gasteiger partial charge in [-0.25, -0.2) is 0 Å². The van der Waals surface area contributed by atoms with E-state index in [1.165, 1.54) is 0 Å². The molecule has 3 unspecified atom stereocenters. The molecule has 2 N–H and O–H groups in total. The van der Waals surface area contributed by atoms with Gasteiger partial charge < -0.3 is 20.5 Å². The Labute approximate surface area is 150 Å². The average molecular weight is 342 g/mol. The summed E-state index contributed by atoms with van der Waals surface area (Å²) in [6.45, 7) is 13.7.